The number of aromatic nitrogens is 2. The fraction of sp³-hybridized carbons (Fsp3) is 0.412. The van der Waals surface area contributed by atoms with Gasteiger partial charge in [0.2, 0.25) is 5.88 Å². The summed E-state index contributed by atoms with van der Waals surface area (Å²) >= 11 is 3.44. The van der Waals surface area contributed by atoms with Gasteiger partial charge in [-0.1, -0.05) is 31.0 Å². The van der Waals surface area contributed by atoms with E-state index in [1.165, 1.54) is 12.8 Å². The molecule has 0 bridgehead atoms. The molecule has 1 fully saturated rings. The first kappa shape index (κ1) is 16.1. The molecule has 1 aromatic heterocycles. The van der Waals surface area contributed by atoms with Crippen LogP contribution in [0.2, 0.25) is 0 Å². The summed E-state index contributed by atoms with van der Waals surface area (Å²) in [4.78, 5) is 12.2. The minimum Gasteiger partial charge on any atom is -0.463 e. The number of carbonyl (C=O) groups excluding carboxylic acids is 1. The number of nitrogens with zero attached hydrogens (tertiary/aromatic N) is 2. The molecule has 1 saturated carbocycles. The van der Waals surface area contributed by atoms with Crippen molar-refractivity contribution in [3.05, 3.63) is 41.0 Å². The number of ether oxygens (including phenoxy) is 1. The van der Waals surface area contributed by atoms with E-state index < -0.39 is 6.10 Å². The summed E-state index contributed by atoms with van der Waals surface area (Å²) in [6, 6.07) is 10.1. The van der Waals surface area contributed by atoms with Crippen molar-refractivity contribution in [3.63, 3.8) is 0 Å². The van der Waals surface area contributed by atoms with Crippen molar-refractivity contribution in [3.8, 4) is 11.6 Å². The average molecular weight is 378 g/mol. The highest BCUT2D eigenvalue weighted by atomic mass is 79.9. The molecule has 23 heavy (non-hydrogen) atoms. The van der Waals surface area contributed by atoms with E-state index >= 15 is 0 Å². The highest BCUT2D eigenvalue weighted by Crippen LogP contribution is 2.25. The largest absolute Gasteiger partial charge is 0.463 e. The summed E-state index contributed by atoms with van der Waals surface area (Å²) in [5, 5.41) is 7.44. The third kappa shape index (κ3) is 3.93. The van der Waals surface area contributed by atoms with Crippen molar-refractivity contribution in [2.24, 2.45) is 0 Å². The van der Waals surface area contributed by atoms with Crippen molar-refractivity contribution < 1.29 is 9.53 Å². The number of para-hydroxylation sites is 1. The maximum absolute atomic E-state index is 12.2. The molecule has 1 aliphatic rings. The predicted octanol–water partition coefficient (Wildman–Crippen LogP) is 3.46. The van der Waals surface area contributed by atoms with Crippen molar-refractivity contribution in [1.82, 2.24) is 15.1 Å². The van der Waals surface area contributed by atoms with E-state index in [1.54, 1.807) is 11.6 Å². The van der Waals surface area contributed by atoms with Crippen LogP contribution < -0.4 is 10.1 Å². The number of halogens is 1. The highest BCUT2D eigenvalue weighted by molar-refractivity contribution is 9.10. The molecule has 122 valence electrons. The first-order valence-electron chi connectivity index (χ1n) is 7.91. The number of rotatable bonds is 5. The molecule has 1 N–H and O–H groups in total. The Kier molecular flexibility index (Phi) is 5.00. The average Bonchev–Trinajstić information content (AvgIpc) is 3.18. The summed E-state index contributed by atoms with van der Waals surface area (Å²) in [6.07, 6.45) is 5.74. The van der Waals surface area contributed by atoms with Crippen LogP contribution in [0.5, 0.6) is 5.88 Å². The van der Waals surface area contributed by atoms with Gasteiger partial charge < -0.3 is 10.1 Å². The summed E-state index contributed by atoms with van der Waals surface area (Å²) in [5.74, 6) is 0.334. The van der Waals surface area contributed by atoms with E-state index in [4.69, 9.17) is 4.74 Å². The number of hydrogen-bond acceptors (Lipinski definition) is 3. The monoisotopic (exact) mass is 377 g/mol. The zero-order chi connectivity index (χ0) is 16.2. The highest BCUT2D eigenvalue weighted by Gasteiger charge is 2.23. The van der Waals surface area contributed by atoms with Crippen LogP contribution in [0.3, 0.4) is 0 Å². The molecule has 6 heteroatoms. The van der Waals surface area contributed by atoms with E-state index in [1.807, 2.05) is 36.5 Å². The molecule has 1 heterocycles. The van der Waals surface area contributed by atoms with Gasteiger partial charge in [-0.15, -0.1) is 5.10 Å². The topological polar surface area (TPSA) is 56.2 Å². The van der Waals surface area contributed by atoms with Crippen LogP contribution >= 0.6 is 15.9 Å². The molecule has 2 aromatic rings. The third-order valence-electron chi connectivity index (χ3n) is 4.02. The van der Waals surface area contributed by atoms with Gasteiger partial charge in [0.25, 0.3) is 5.91 Å². The maximum Gasteiger partial charge on any atom is 0.261 e. The van der Waals surface area contributed by atoms with Crippen LogP contribution in [0.15, 0.2) is 41.0 Å². The summed E-state index contributed by atoms with van der Waals surface area (Å²) in [7, 11) is 0. The molecule has 0 aliphatic heterocycles. The Morgan fingerprint density at radius 3 is 2.74 bits per heavy atom. The van der Waals surface area contributed by atoms with Crippen LogP contribution in [0.1, 0.15) is 32.6 Å². The summed E-state index contributed by atoms with van der Waals surface area (Å²) in [5.41, 5.74) is 0.936. The molecular weight excluding hydrogens is 358 g/mol. The Bertz CT molecular complexity index is 666. The number of carbonyl (C=O) groups is 1. The Hall–Kier alpha value is -1.82. The second-order valence-corrected chi connectivity index (χ2v) is 6.67. The Labute approximate surface area is 144 Å². The third-order valence-corrected chi connectivity index (χ3v) is 4.56. The van der Waals surface area contributed by atoms with Crippen LogP contribution in [0.25, 0.3) is 5.69 Å². The molecule has 0 radical (unpaired) electrons. The second-order valence-electron chi connectivity index (χ2n) is 5.81. The first-order valence-corrected chi connectivity index (χ1v) is 8.70. The van der Waals surface area contributed by atoms with Crippen molar-refractivity contribution in [2.75, 3.05) is 0 Å². The van der Waals surface area contributed by atoms with Gasteiger partial charge in [0, 0.05) is 12.2 Å². The number of nitrogens with one attached hydrogen (secondary N) is 1. The van der Waals surface area contributed by atoms with Gasteiger partial charge in [0.05, 0.1) is 10.2 Å². The normalized spacial score (nSPS) is 16.3. The Balaban J connectivity index is 1.65. The second kappa shape index (κ2) is 7.17. The lowest BCUT2D eigenvalue weighted by Crippen LogP contribution is -2.41. The van der Waals surface area contributed by atoms with Crippen LogP contribution in [-0.4, -0.2) is 27.8 Å². The molecule has 1 aliphatic carbocycles. The van der Waals surface area contributed by atoms with E-state index in [9.17, 15) is 4.79 Å². The van der Waals surface area contributed by atoms with Gasteiger partial charge in [-0.2, -0.15) is 0 Å². The molecule has 1 atom stereocenters. The molecule has 1 amide bonds. The van der Waals surface area contributed by atoms with Crippen molar-refractivity contribution in [1.29, 1.82) is 0 Å². The van der Waals surface area contributed by atoms with Crippen molar-refractivity contribution in [2.45, 2.75) is 44.8 Å². The van der Waals surface area contributed by atoms with Crippen LogP contribution in [0, 0.1) is 0 Å². The van der Waals surface area contributed by atoms with Gasteiger partial charge in [0.15, 0.2) is 6.10 Å². The zero-order valence-electron chi connectivity index (χ0n) is 13.0. The Morgan fingerprint density at radius 2 is 2.04 bits per heavy atom. The Morgan fingerprint density at radius 1 is 1.35 bits per heavy atom. The quantitative estimate of drug-likeness (QED) is 0.867. The fourth-order valence-corrected chi connectivity index (χ4v) is 3.11. The van der Waals surface area contributed by atoms with Crippen LogP contribution in [0.4, 0.5) is 0 Å². The first-order chi connectivity index (χ1) is 11.1. The maximum atomic E-state index is 12.2. The van der Waals surface area contributed by atoms with E-state index in [-0.39, 0.29) is 5.91 Å². The van der Waals surface area contributed by atoms with Gasteiger partial charge in [-0.25, -0.2) is 4.68 Å². The minimum atomic E-state index is -0.578. The van der Waals surface area contributed by atoms with Gasteiger partial charge in [-0.3, -0.25) is 4.79 Å². The van der Waals surface area contributed by atoms with Crippen LogP contribution in [-0.2, 0) is 4.79 Å². The zero-order valence-corrected chi connectivity index (χ0v) is 14.6. The van der Waals surface area contributed by atoms with E-state index in [2.05, 4.69) is 26.3 Å². The fourth-order valence-electron chi connectivity index (χ4n) is 2.74. The standard InChI is InChI=1S/C17H20BrN3O2/c1-12(16(22)19-13-7-5-6-8-13)23-17-15(18)11-21(20-17)14-9-3-2-4-10-14/h2-4,9-13H,5-8H2,1H3,(H,19,22). The number of benzene rings is 1. The molecule has 3 rings (SSSR count). The molecular formula is C17H20BrN3O2. The lowest BCUT2D eigenvalue weighted by molar-refractivity contribution is -0.128. The molecule has 0 spiro atoms. The van der Waals surface area contributed by atoms with E-state index in [0.717, 1.165) is 23.0 Å². The van der Waals surface area contributed by atoms with E-state index in [0.29, 0.717) is 11.9 Å². The van der Waals surface area contributed by atoms with Gasteiger partial charge in [-0.05, 0) is 47.8 Å². The molecule has 0 saturated heterocycles. The molecule has 5 nitrogen and oxygen atoms in total. The van der Waals surface area contributed by atoms with Crippen molar-refractivity contribution >= 4 is 21.8 Å². The lowest BCUT2D eigenvalue weighted by atomic mass is 10.2. The number of hydrogen-bond donors (Lipinski definition) is 1. The number of amides is 1. The lowest BCUT2D eigenvalue weighted by Gasteiger charge is -2.17. The van der Waals surface area contributed by atoms with Gasteiger partial charge >= 0.3 is 0 Å². The minimum absolute atomic E-state index is 0.0851. The smallest absolute Gasteiger partial charge is 0.261 e. The predicted molar refractivity (Wildman–Crippen MR) is 91.8 cm³/mol. The molecule has 1 unspecified atom stereocenters. The van der Waals surface area contributed by atoms with Gasteiger partial charge in [0.1, 0.15) is 0 Å². The SMILES string of the molecule is CC(Oc1nn(-c2ccccc2)cc1Br)C(=O)NC1CCCC1. The molecule has 1 aromatic carbocycles. The summed E-state index contributed by atoms with van der Waals surface area (Å²) in [6.45, 7) is 1.75. The summed E-state index contributed by atoms with van der Waals surface area (Å²) < 4.78 is 8.18.